The highest BCUT2D eigenvalue weighted by Gasteiger charge is 2.37. The lowest BCUT2D eigenvalue weighted by molar-refractivity contribution is -0.137. The highest BCUT2D eigenvalue weighted by molar-refractivity contribution is 6.31. The summed E-state index contributed by atoms with van der Waals surface area (Å²) in [7, 11) is 1.18. The molecule has 0 saturated carbocycles. The molecule has 0 saturated heterocycles. The number of hydrogen-bond acceptors (Lipinski definition) is 2. The van der Waals surface area contributed by atoms with Gasteiger partial charge in [-0.3, -0.25) is 4.79 Å². The first-order valence-electron chi connectivity index (χ1n) is 3.80. The maximum Gasteiger partial charge on any atom is 0.418 e. The third-order valence-electron chi connectivity index (χ3n) is 1.78. The zero-order chi connectivity index (χ0) is 11.6. The number of alkyl halides is 3. The van der Waals surface area contributed by atoms with Crippen molar-refractivity contribution in [3.8, 4) is 5.75 Å². The van der Waals surface area contributed by atoms with Crippen molar-refractivity contribution < 1.29 is 22.7 Å². The summed E-state index contributed by atoms with van der Waals surface area (Å²) < 4.78 is 42.2. The summed E-state index contributed by atoms with van der Waals surface area (Å²) in [5, 5.41) is -0.523. The monoisotopic (exact) mass is 238 g/mol. The molecule has 0 aliphatic heterocycles. The van der Waals surface area contributed by atoms with Crippen molar-refractivity contribution >= 4 is 17.9 Å². The van der Waals surface area contributed by atoms with Gasteiger partial charge in [-0.1, -0.05) is 11.6 Å². The molecule has 0 N–H and O–H groups in total. The van der Waals surface area contributed by atoms with E-state index in [1.165, 1.54) is 13.2 Å². The molecule has 1 aromatic rings. The average molecular weight is 239 g/mol. The predicted molar refractivity (Wildman–Crippen MR) is 48.4 cm³/mol. The molecule has 0 atom stereocenters. The number of aldehydes is 1. The van der Waals surface area contributed by atoms with Crippen molar-refractivity contribution in [2.24, 2.45) is 0 Å². The lowest BCUT2D eigenvalue weighted by Gasteiger charge is -2.13. The Labute approximate surface area is 88.6 Å². The number of benzene rings is 1. The second-order valence-corrected chi connectivity index (χ2v) is 3.06. The van der Waals surface area contributed by atoms with Gasteiger partial charge >= 0.3 is 6.18 Å². The topological polar surface area (TPSA) is 26.3 Å². The predicted octanol–water partition coefficient (Wildman–Crippen LogP) is 3.18. The zero-order valence-electron chi connectivity index (χ0n) is 7.56. The first kappa shape index (κ1) is 11.8. The van der Waals surface area contributed by atoms with Crippen LogP contribution < -0.4 is 4.74 Å². The quantitative estimate of drug-likeness (QED) is 0.740. The molecule has 0 spiro atoms. The maximum atomic E-state index is 12.5. The van der Waals surface area contributed by atoms with Crippen molar-refractivity contribution in [3.63, 3.8) is 0 Å². The van der Waals surface area contributed by atoms with Crippen LogP contribution in [0, 0.1) is 0 Å². The Balaban J connectivity index is 3.53. The fraction of sp³-hybridized carbons (Fsp3) is 0.222. The number of carbonyl (C=O) groups excluding carboxylic acids is 1. The zero-order valence-corrected chi connectivity index (χ0v) is 8.32. The molecular formula is C9H6ClF3O2. The van der Waals surface area contributed by atoms with E-state index in [1.807, 2.05) is 0 Å². The van der Waals surface area contributed by atoms with Gasteiger partial charge in [0.2, 0.25) is 0 Å². The molecule has 0 bridgehead atoms. The van der Waals surface area contributed by atoms with Crippen molar-refractivity contribution in [1.29, 1.82) is 0 Å². The number of methoxy groups -OCH3 is 1. The van der Waals surface area contributed by atoms with E-state index in [2.05, 4.69) is 4.74 Å². The molecule has 0 aliphatic carbocycles. The Hall–Kier alpha value is -1.23. The van der Waals surface area contributed by atoms with Gasteiger partial charge < -0.3 is 4.74 Å². The van der Waals surface area contributed by atoms with Gasteiger partial charge in [0.05, 0.1) is 23.3 Å². The molecule has 0 heterocycles. The first-order valence-corrected chi connectivity index (χ1v) is 4.18. The lowest BCUT2D eigenvalue weighted by atomic mass is 10.1. The molecule has 0 aromatic heterocycles. The Morgan fingerprint density at radius 1 is 1.40 bits per heavy atom. The molecule has 0 unspecified atom stereocenters. The van der Waals surface area contributed by atoms with Gasteiger partial charge in [0, 0.05) is 0 Å². The summed E-state index contributed by atoms with van der Waals surface area (Å²) >= 11 is 5.39. The van der Waals surface area contributed by atoms with Gasteiger partial charge in [0.15, 0.2) is 6.29 Å². The fourth-order valence-corrected chi connectivity index (χ4v) is 1.43. The van der Waals surface area contributed by atoms with Crippen LogP contribution in [0.1, 0.15) is 15.9 Å². The van der Waals surface area contributed by atoms with Crippen molar-refractivity contribution in [2.45, 2.75) is 6.18 Å². The molecule has 0 amide bonds. The van der Waals surface area contributed by atoms with Crippen LogP contribution in [0.3, 0.4) is 0 Å². The molecule has 0 fully saturated rings. The van der Waals surface area contributed by atoms with Crippen LogP contribution in [-0.2, 0) is 6.18 Å². The van der Waals surface area contributed by atoms with Crippen LogP contribution in [-0.4, -0.2) is 13.4 Å². The smallest absolute Gasteiger partial charge is 0.418 e. The molecule has 82 valence electrons. The number of hydrogen-bond donors (Lipinski definition) is 0. The summed E-state index contributed by atoms with van der Waals surface area (Å²) in [6.07, 6.45) is -4.60. The van der Waals surface area contributed by atoms with E-state index in [4.69, 9.17) is 11.6 Å². The Kier molecular flexibility index (Phi) is 3.24. The average Bonchev–Trinajstić information content (AvgIpc) is 2.15. The van der Waals surface area contributed by atoms with Gasteiger partial charge in [-0.25, -0.2) is 0 Å². The van der Waals surface area contributed by atoms with E-state index in [0.29, 0.717) is 0 Å². The number of halogens is 4. The standard InChI is InChI=1S/C9H6ClF3O2/c1-15-7-3-2-6(10)8(5(7)4-14)9(11,12)13/h2-4H,1H3. The Morgan fingerprint density at radius 2 is 2.00 bits per heavy atom. The minimum atomic E-state index is -4.68. The highest BCUT2D eigenvalue weighted by atomic mass is 35.5. The minimum Gasteiger partial charge on any atom is -0.496 e. The van der Waals surface area contributed by atoms with E-state index >= 15 is 0 Å². The first-order chi connectivity index (χ1) is 6.91. The molecule has 1 rings (SSSR count). The minimum absolute atomic E-state index is 0.0769. The van der Waals surface area contributed by atoms with Crippen LogP contribution >= 0.6 is 11.6 Å². The fourth-order valence-electron chi connectivity index (χ4n) is 1.16. The van der Waals surface area contributed by atoms with Crippen LogP contribution in [0.2, 0.25) is 5.02 Å². The molecule has 6 heteroatoms. The summed E-state index contributed by atoms with van der Waals surface area (Å²) in [6.45, 7) is 0. The lowest BCUT2D eigenvalue weighted by Crippen LogP contribution is -2.11. The van der Waals surface area contributed by atoms with Crippen LogP contribution in [0.5, 0.6) is 5.75 Å². The van der Waals surface area contributed by atoms with Gasteiger partial charge in [0.25, 0.3) is 0 Å². The van der Waals surface area contributed by atoms with E-state index < -0.39 is 22.3 Å². The van der Waals surface area contributed by atoms with Crippen molar-refractivity contribution in [1.82, 2.24) is 0 Å². The third-order valence-corrected chi connectivity index (χ3v) is 2.09. The van der Waals surface area contributed by atoms with E-state index in [-0.39, 0.29) is 12.0 Å². The summed E-state index contributed by atoms with van der Waals surface area (Å²) in [4.78, 5) is 10.6. The third kappa shape index (κ3) is 2.23. The maximum absolute atomic E-state index is 12.5. The van der Waals surface area contributed by atoms with E-state index in [0.717, 1.165) is 6.07 Å². The van der Waals surface area contributed by atoms with Gasteiger partial charge in [-0.15, -0.1) is 0 Å². The highest BCUT2D eigenvalue weighted by Crippen LogP contribution is 2.39. The molecule has 2 nitrogen and oxygen atoms in total. The molecular weight excluding hydrogens is 233 g/mol. The Bertz CT molecular complexity index is 388. The van der Waals surface area contributed by atoms with Crippen LogP contribution in [0.25, 0.3) is 0 Å². The summed E-state index contributed by atoms with van der Waals surface area (Å²) in [6, 6.07) is 2.25. The molecule has 15 heavy (non-hydrogen) atoms. The van der Waals surface area contributed by atoms with Gasteiger partial charge in [-0.05, 0) is 12.1 Å². The van der Waals surface area contributed by atoms with Crippen LogP contribution in [0.4, 0.5) is 13.2 Å². The Morgan fingerprint density at radius 3 is 2.40 bits per heavy atom. The largest absolute Gasteiger partial charge is 0.496 e. The molecule has 1 aromatic carbocycles. The summed E-state index contributed by atoms with van der Waals surface area (Å²) in [5.41, 5.74) is -1.75. The van der Waals surface area contributed by atoms with E-state index in [1.54, 1.807) is 0 Å². The normalized spacial score (nSPS) is 11.3. The van der Waals surface area contributed by atoms with E-state index in [9.17, 15) is 18.0 Å². The van der Waals surface area contributed by atoms with Gasteiger partial charge in [-0.2, -0.15) is 13.2 Å². The number of rotatable bonds is 2. The second-order valence-electron chi connectivity index (χ2n) is 2.65. The SMILES string of the molecule is COc1ccc(Cl)c(C(F)(F)F)c1C=O. The summed E-state index contributed by atoms with van der Waals surface area (Å²) in [5.74, 6) is -0.151. The molecule has 0 radical (unpaired) electrons. The number of ether oxygens (including phenoxy) is 1. The van der Waals surface area contributed by atoms with Crippen LogP contribution in [0.15, 0.2) is 12.1 Å². The van der Waals surface area contributed by atoms with Crippen molar-refractivity contribution in [3.05, 3.63) is 28.3 Å². The van der Waals surface area contributed by atoms with Crippen molar-refractivity contribution in [2.75, 3.05) is 7.11 Å². The molecule has 0 aliphatic rings. The number of carbonyl (C=O) groups is 1. The van der Waals surface area contributed by atoms with Gasteiger partial charge in [0.1, 0.15) is 5.75 Å². The second kappa shape index (κ2) is 4.10.